The standard InChI is InChI=1S/C20H25ClO/c1-4-7-17-12-18(13-20(22-3)19(17)8-5-2)16-10-6-9-15(11-16)14-21/h6,9-13H,4-5,7-8,14H2,1-3H3. The summed E-state index contributed by atoms with van der Waals surface area (Å²) < 4.78 is 5.68. The summed E-state index contributed by atoms with van der Waals surface area (Å²) in [5.74, 6) is 1.56. The Morgan fingerprint density at radius 3 is 2.36 bits per heavy atom. The van der Waals surface area contributed by atoms with Gasteiger partial charge in [0.15, 0.2) is 0 Å². The average Bonchev–Trinajstić information content (AvgIpc) is 2.56. The first-order chi connectivity index (χ1) is 10.7. The van der Waals surface area contributed by atoms with Crippen molar-refractivity contribution in [1.82, 2.24) is 0 Å². The lowest BCUT2D eigenvalue weighted by molar-refractivity contribution is 0.408. The Morgan fingerprint density at radius 1 is 0.955 bits per heavy atom. The molecule has 0 radical (unpaired) electrons. The molecule has 0 spiro atoms. The molecule has 118 valence electrons. The van der Waals surface area contributed by atoms with Gasteiger partial charge in [0.05, 0.1) is 7.11 Å². The van der Waals surface area contributed by atoms with Crippen LogP contribution in [0.15, 0.2) is 36.4 Å². The molecule has 1 nitrogen and oxygen atoms in total. The van der Waals surface area contributed by atoms with E-state index in [1.807, 2.05) is 0 Å². The Morgan fingerprint density at radius 2 is 1.73 bits per heavy atom. The molecule has 0 aromatic heterocycles. The number of methoxy groups -OCH3 is 1. The van der Waals surface area contributed by atoms with Gasteiger partial charge >= 0.3 is 0 Å². The summed E-state index contributed by atoms with van der Waals surface area (Å²) in [5, 5.41) is 0. The molecule has 0 amide bonds. The third-order valence-electron chi connectivity index (χ3n) is 3.96. The van der Waals surface area contributed by atoms with Crippen molar-refractivity contribution in [3.05, 3.63) is 53.1 Å². The summed E-state index contributed by atoms with van der Waals surface area (Å²) in [6.07, 6.45) is 4.44. The number of halogens is 1. The van der Waals surface area contributed by atoms with Crippen LogP contribution in [0.2, 0.25) is 0 Å². The van der Waals surface area contributed by atoms with E-state index in [0.717, 1.165) is 37.0 Å². The quantitative estimate of drug-likeness (QED) is 0.569. The van der Waals surface area contributed by atoms with Gasteiger partial charge in [0.1, 0.15) is 5.75 Å². The molecule has 0 N–H and O–H groups in total. The Hall–Kier alpha value is -1.47. The lowest BCUT2D eigenvalue weighted by Crippen LogP contribution is -2.00. The summed E-state index contributed by atoms with van der Waals surface area (Å²) in [4.78, 5) is 0. The Bertz CT molecular complexity index is 619. The summed E-state index contributed by atoms with van der Waals surface area (Å²) in [6.45, 7) is 4.44. The second-order valence-electron chi connectivity index (χ2n) is 5.65. The van der Waals surface area contributed by atoms with Crippen LogP contribution < -0.4 is 4.74 Å². The van der Waals surface area contributed by atoms with Crippen LogP contribution in [0, 0.1) is 0 Å². The van der Waals surface area contributed by atoms with Crippen molar-refractivity contribution in [3.63, 3.8) is 0 Å². The third-order valence-corrected chi connectivity index (χ3v) is 4.26. The molecule has 2 aromatic carbocycles. The van der Waals surface area contributed by atoms with Crippen molar-refractivity contribution in [2.75, 3.05) is 7.11 Å². The predicted molar refractivity (Wildman–Crippen MR) is 96.0 cm³/mol. The zero-order chi connectivity index (χ0) is 15.9. The van der Waals surface area contributed by atoms with E-state index < -0.39 is 0 Å². The molecule has 0 unspecified atom stereocenters. The largest absolute Gasteiger partial charge is 0.496 e. The maximum atomic E-state index is 5.97. The molecule has 0 atom stereocenters. The molecule has 0 fully saturated rings. The molecule has 22 heavy (non-hydrogen) atoms. The van der Waals surface area contributed by atoms with Gasteiger partial charge < -0.3 is 4.74 Å². The minimum atomic E-state index is 0.542. The molecular formula is C20H25ClO. The molecule has 0 saturated carbocycles. The maximum Gasteiger partial charge on any atom is 0.122 e. The second-order valence-corrected chi connectivity index (χ2v) is 5.92. The smallest absolute Gasteiger partial charge is 0.122 e. The number of aryl methyl sites for hydroxylation is 1. The van der Waals surface area contributed by atoms with E-state index in [0.29, 0.717) is 5.88 Å². The molecule has 2 rings (SSSR count). The fourth-order valence-corrected chi connectivity index (χ4v) is 3.08. The molecule has 0 bridgehead atoms. The highest BCUT2D eigenvalue weighted by Gasteiger charge is 2.12. The van der Waals surface area contributed by atoms with Gasteiger partial charge in [-0.2, -0.15) is 0 Å². The highest BCUT2D eigenvalue weighted by Crippen LogP contribution is 2.32. The molecule has 0 aliphatic heterocycles. The zero-order valence-electron chi connectivity index (χ0n) is 13.8. The number of ether oxygens (including phenoxy) is 1. The fourth-order valence-electron chi connectivity index (χ4n) is 2.91. The van der Waals surface area contributed by atoms with Gasteiger partial charge in [0.25, 0.3) is 0 Å². The molecular weight excluding hydrogens is 292 g/mol. The van der Waals surface area contributed by atoms with Crippen LogP contribution in [0.25, 0.3) is 11.1 Å². The number of rotatable bonds is 7. The van der Waals surface area contributed by atoms with E-state index in [-0.39, 0.29) is 0 Å². The van der Waals surface area contributed by atoms with E-state index in [2.05, 4.69) is 50.2 Å². The van der Waals surface area contributed by atoms with Gasteiger partial charge in [-0.3, -0.25) is 0 Å². The van der Waals surface area contributed by atoms with Crippen molar-refractivity contribution in [2.45, 2.75) is 45.4 Å². The third kappa shape index (κ3) is 3.84. The molecule has 0 aliphatic rings. The van der Waals surface area contributed by atoms with Crippen LogP contribution >= 0.6 is 11.6 Å². The van der Waals surface area contributed by atoms with Gasteiger partial charge in [-0.1, -0.05) is 51.0 Å². The highest BCUT2D eigenvalue weighted by atomic mass is 35.5. The topological polar surface area (TPSA) is 9.23 Å². The van der Waals surface area contributed by atoms with Gasteiger partial charge in [-0.25, -0.2) is 0 Å². The average molecular weight is 317 g/mol. The van der Waals surface area contributed by atoms with Crippen LogP contribution in [0.5, 0.6) is 5.75 Å². The van der Waals surface area contributed by atoms with Crippen molar-refractivity contribution in [1.29, 1.82) is 0 Å². The summed E-state index contributed by atoms with van der Waals surface area (Å²) in [5.41, 5.74) is 6.34. The lowest BCUT2D eigenvalue weighted by atomic mass is 9.93. The Labute approximate surface area is 139 Å². The minimum absolute atomic E-state index is 0.542. The summed E-state index contributed by atoms with van der Waals surface area (Å²) in [7, 11) is 1.77. The van der Waals surface area contributed by atoms with Crippen LogP contribution in [0.3, 0.4) is 0 Å². The fraction of sp³-hybridized carbons (Fsp3) is 0.400. The van der Waals surface area contributed by atoms with Crippen molar-refractivity contribution in [3.8, 4) is 16.9 Å². The number of alkyl halides is 1. The van der Waals surface area contributed by atoms with E-state index in [1.165, 1.54) is 22.3 Å². The van der Waals surface area contributed by atoms with Crippen molar-refractivity contribution < 1.29 is 4.74 Å². The molecule has 2 heteroatoms. The first kappa shape index (κ1) is 16.9. The summed E-state index contributed by atoms with van der Waals surface area (Å²) >= 11 is 5.97. The zero-order valence-corrected chi connectivity index (χ0v) is 14.5. The first-order valence-electron chi connectivity index (χ1n) is 8.08. The predicted octanol–water partition coefficient (Wildman–Crippen LogP) is 6.01. The normalized spacial score (nSPS) is 10.7. The Kier molecular flexibility index (Phi) is 6.33. The van der Waals surface area contributed by atoms with Gasteiger partial charge in [-0.05, 0) is 52.8 Å². The first-order valence-corrected chi connectivity index (χ1v) is 8.62. The summed E-state index contributed by atoms with van der Waals surface area (Å²) in [6, 6.07) is 12.9. The molecule has 0 heterocycles. The van der Waals surface area contributed by atoms with E-state index in [9.17, 15) is 0 Å². The van der Waals surface area contributed by atoms with E-state index in [1.54, 1.807) is 7.11 Å². The Balaban J connectivity index is 2.53. The molecule has 0 saturated heterocycles. The molecule has 2 aromatic rings. The maximum absolute atomic E-state index is 5.97. The lowest BCUT2D eigenvalue weighted by Gasteiger charge is -2.16. The number of benzene rings is 2. The number of hydrogen-bond donors (Lipinski definition) is 0. The monoisotopic (exact) mass is 316 g/mol. The molecule has 0 aliphatic carbocycles. The minimum Gasteiger partial charge on any atom is -0.496 e. The highest BCUT2D eigenvalue weighted by molar-refractivity contribution is 6.17. The van der Waals surface area contributed by atoms with Crippen LogP contribution in [-0.4, -0.2) is 7.11 Å². The second kappa shape index (κ2) is 8.24. The van der Waals surface area contributed by atoms with E-state index >= 15 is 0 Å². The SMILES string of the molecule is CCCc1cc(-c2cccc(CCl)c2)cc(OC)c1CCC. The van der Waals surface area contributed by atoms with Gasteiger partial charge in [0.2, 0.25) is 0 Å². The van der Waals surface area contributed by atoms with Crippen molar-refractivity contribution in [2.24, 2.45) is 0 Å². The van der Waals surface area contributed by atoms with Crippen LogP contribution in [0.1, 0.15) is 43.4 Å². The van der Waals surface area contributed by atoms with Gasteiger partial charge in [-0.15, -0.1) is 11.6 Å². The van der Waals surface area contributed by atoms with Crippen LogP contribution in [0.4, 0.5) is 0 Å². The number of hydrogen-bond acceptors (Lipinski definition) is 1. The van der Waals surface area contributed by atoms with E-state index in [4.69, 9.17) is 16.3 Å². The van der Waals surface area contributed by atoms with Gasteiger partial charge in [0, 0.05) is 5.88 Å². The van der Waals surface area contributed by atoms with Crippen LogP contribution in [-0.2, 0) is 18.7 Å². The van der Waals surface area contributed by atoms with Crippen molar-refractivity contribution >= 4 is 11.6 Å².